The molecule has 0 aliphatic heterocycles. The Balaban J connectivity index is 2.53. The van der Waals surface area contributed by atoms with Crippen LogP contribution in [-0.2, 0) is 4.84 Å². The van der Waals surface area contributed by atoms with Crippen molar-refractivity contribution in [1.29, 1.82) is 0 Å². The Labute approximate surface area is 105 Å². The third-order valence-corrected chi connectivity index (χ3v) is 2.48. The molecule has 1 rings (SSSR count). The lowest BCUT2D eigenvalue weighted by atomic mass is 9.99. The van der Waals surface area contributed by atoms with Crippen molar-refractivity contribution >= 4 is 11.7 Å². The van der Waals surface area contributed by atoms with Gasteiger partial charge in [-0.3, -0.25) is 0 Å². The van der Waals surface area contributed by atoms with Gasteiger partial charge in [0.05, 0.1) is 5.71 Å². The maximum atomic E-state index is 5.43. The number of hydrogen-bond donors (Lipinski definition) is 1. The SMILES string of the molecule is CC(C)N=C(NC(C)C)ON=C1CCCCC1. The van der Waals surface area contributed by atoms with E-state index in [4.69, 9.17) is 4.84 Å². The van der Waals surface area contributed by atoms with E-state index in [1.807, 2.05) is 13.8 Å². The predicted octanol–water partition coefficient (Wildman–Crippen LogP) is 3.09. The first-order chi connectivity index (χ1) is 8.08. The van der Waals surface area contributed by atoms with Crippen LogP contribution in [0.1, 0.15) is 59.8 Å². The average molecular weight is 239 g/mol. The monoisotopic (exact) mass is 239 g/mol. The average Bonchev–Trinajstić information content (AvgIpc) is 2.26. The molecule has 0 amide bonds. The molecule has 0 saturated heterocycles. The van der Waals surface area contributed by atoms with E-state index >= 15 is 0 Å². The van der Waals surface area contributed by atoms with Crippen molar-refractivity contribution in [3.05, 3.63) is 0 Å². The molecule has 0 heterocycles. The number of rotatable bonds is 3. The zero-order chi connectivity index (χ0) is 12.7. The smallest absolute Gasteiger partial charge is 0.315 e. The van der Waals surface area contributed by atoms with Gasteiger partial charge < -0.3 is 10.2 Å². The molecule has 0 unspecified atom stereocenters. The Bertz CT molecular complexity index is 274. The Morgan fingerprint density at radius 3 is 2.29 bits per heavy atom. The van der Waals surface area contributed by atoms with Crippen molar-refractivity contribution in [3.8, 4) is 0 Å². The first-order valence-electron chi connectivity index (χ1n) is 6.65. The molecule has 0 aromatic heterocycles. The standard InChI is InChI=1S/C13H25N3O/c1-10(2)14-13(15-11(3)4)17-16-12-8-6-5-7-9-12/h10-11H,5-9H2,1-4H3,(H,14,15). The largest absolute Gasteiger partial charge is 0.336 e. The van der Waals surface area contributed by atoms with E-state index in [0.29, 0.717) is 12.1 Å². The van der Waals surface area contributed by atoms with Gasteiger partial charge in [0.1, 0.15) is 0 Å². The second-order valence-corrected chi connectivity index (χ2v) is 5.14. The summed E-state index contributed by atoms with van der Waals surface area (Å²) in [6.07, 6.45) is 5.91. The van der Waals surface area contributed by atoms with Gasteiger partial charge >= 0.3 is 6.02 Å². The Morgan fingerprint density at radius 1 is 1.12 bits per heavy atom. The number of hydrogen-bond acceptors (Lipinski definition) is 3. The molecule has 0 aromatic carbocycles. The van der Waals surface area contributed by atoms with Gasteiger partial charge in [-0.1, -0.05) is 11.6 Å². The zero-order valence-corrected chi connectivity index (χ0v) is 11.5. The minimum atomic E-state index is 0.211. The number of amidine groups is 1. The molecule has 1 fully saturated rings. The van der Waals surface area contributed by atoms with E-state index in [0.717, 1.165) is 12.8 Å². The molecule has 4 nitrogen and oxygen atoms in total. The third-order valence-electron chi connectivity index (χ3n) is 2.48. The lowest BCUT2D eigenvalue weighted by Crippen LogP contribution is -2.32. The van der Waals surface area contributed by atoms with Gasteiger partial charge in [0.2, 0.25) is 0 Å². The zero-order valence-electron chi connectivity index (χ0n) is 11.5. The van der Waals surface area contributed by atoms with E-state index in [1.165, 1.54) is 25.0 Å². The summed E-state index contributed by atoms with van der Waals surface area (Å²) in [6.45, 7) is 8.18. The fourth-order valence-corrected chi connectivity index (χ4v) is 1.73. The third kappa shape index (κ3) is 6.29. The second kappa shape index (κ2) is 7.30. The Kier molecular flexibility index (Phi) is 6.01. The summed E-state index contributed by atoms with van der Waals surface area (Å²) in [5.41, 5.74) is 1.17. The van der Waals surface area contributed by atoms with Crippen LogP contribution >= 0.6 is 0 Å². The highest BCUT2D eigenvalue weighted by Crippen LogP contribution is 2.14. The summed E-state index contributed by atoms with van der Waals surface area (Å²) < 4.78 is 0. The van der Waals surface area contributed by atoms with E-state index in [1.54, 1.807) is 0 Å². The molecule has 1 aliphatic rings. The van der Waals surface area contributed by atoms with E-state index in [-0.39, 0.29) is 6.04 Å². The summed E-state index contributed by atoms with van der Waals surface area (Å²) in [7, 11) is 0. The van der Waals surface area contributed by atoms with Crippen LogP contribution in [0.3, 0.4) is 0 Å². The van der Waals surface area contributed by atoms with Crippen LogP contribution < -0.4 is 5.32 Å². The van der Waals surface area contributed by atoms with Crippen molar-refractivity contribution in [1.82, 2.24) is 5.32 Å². The lowest BCUT2D eigenvalue weighted by Gasteiger charge is -2.14. The van der Waals surface area contributed by atoms with Gasteiger partial charge in [-0.25, -0.2) is 4.99 Å². The highest BCUT2D eigenvalue weighted by Gasteiger charge is 2.09. The Morgan fingerprint density at radius 2 is 1.76 bits per heavy atom. The van der Waals surface area contributed by atoms with Crippen LogP contribution in [0, 0.1) is 0 Å². The molecule has 0 spiro atoms. The van der Waals surface area contributed by atoms with Gasteiger partial charge in [-0.05, 0) is 53.4 Å². The van der Waals surface area contributed by atoms with E-state index < -0.39 is 0 Å². The molecule has 0 aromatic rings. The van der Waals surface area contributed by atoms with E-state index in [2.05, 4.69) is 29.3 Å². The summed E-state index contributed by atoms with van der Waals surface area (Å²) in [5.74, 6) is 0. The number of nitrogens with zero attached hydrogens (tertiary/aromatic N) is 2. The number of nitrogens with one attached hydrogen (secondary N) is 1. The van der Waals surface area contributed by atoms with E-state index in [9.17, 15) is 0 Å². The first kappa shape index (κ1) is 14.0. The molecule has 0 radical (unpaired) electrons. The molecule has 1 aliphatic carbocycles. The highest BCUT2D eigenvalue weighted by atomic mass is 16.6. The maximum absolute atomic E-state index is 5.43. The Hall–Kier alpha value is -1.06. The topological polar surface area (TPSA) is 46.0 Å². The molecular weight excluding hydrogens is 214 g/mol. The fourth-order valence-electron chi connectivity index (χ4n) is 1.73. The van der Waals surface area contributed by atoms with Crippen molar-refractivity contribution < 1.29 is 4.84 Å². The van der Waals surface area contributed by atoms with Crippen molar-refractivity contribution in [2.75, 3.05) is 0 Å². The molecule has 0 bridgehead atoms. The van der Waals surface area contributed by atoms with Crippen LogP contribution in [0.4, 0.5) is 0 Å². The predicted molar refractivity (Wildman–Crippen MR) is 72.4 cm³/mol. The van der Waals surface area contributed by atoms with Gasteiger partial charge in [-0.2, -0.15) is 0 Å². The van der Waals surface area contributed by atoms with Crippen LogP contribution in [-0.4, -0.2) is 23.8 Å². The summed E-state index contributed by atoms with van der Waals surface area (Å²) >= 11 is 0. The minimum absolute atomic E-state index is 0.211. The number of aliphatic imine (C=N–C) groups is 1. The molecule has 1 saturated carbocycles. The molecular formula is C13H25N3O. The summed E-state index contributed by atoms with van der Waals surface area (Å²) in [6, 6.07) is 1.05. The minimum Gasteiger partial charge on any atom is -0.336 e. The molecule has 4 heteroatoms. The van der Waals surface area contributed by atoms with Gasteiger partial charge in [0.15, 0.2) is 0 Å². The number of oxime groups is 1. The van der Waals surface area contributed by atoms with Crippen molar-refractivity contribution in [2.24, 2.45) is 10.1 Å². The van der Waals surface area contributed by atoms with Crippen molar-refractivity contribution in [2.45, 2.75) is 71.9 Å². The molecule has 0 atom stereocenters. The molecule has 98 valence electrons. The first-order valence-corrected chi connectivity index (χ1v) is 6.65. The molecule has 17 heavy (non-hydrogen) atoms. The van der Waals surface area contributed by atoms with Crippen LogP contribution in [0.2, 0.25) is 0 Å². The maximum Gasteiger partial charge on any atom is 0.315 e. The van der Waals surface area contributed by atoms with Gasteiger partial charge in [0.25, 0.3) is 0 Å². The lowest BCUT2D eigenvalue weighted by molar-refractivity contribution is 0.299. The van der Waals surface area contributed by atoms with Gasteiger partial charge in [0, 0.05) is 12.1 Å². The van der Waals surface area contributed by atoms with Crippen LogP contribution in [0.25, 0.3) is 0 Å². The van der Waals surface area contributed by atoms with Crippen molar-refractivity contribution in [3.63, 3.8) is 0 Å². The quantitative estimate of drug-likeness (QED) is 0.467. The van der Waals surface area contributed by atoms with Crippen LogP contribution in [0.15, 0.2) is 10.1 Å². The normalized spacial score (nSPS) is 17.5. The highest BCUT2D eigenvalue weighted by molar-refractivity contribution is 5.85. The summed E-state index contributed by atoms with van der Waals surface area (Å²) in [4.78, 5) is 9.81. The van der Waals surface area contributed by atoms with Gasteiger partial charge in [-0.15, -0.1) is 0 Å². The van der Waals surface area contributed by atoms with Crippen LogP contribution in [0.5, 0.6) is 0 Å². The summed E-state index contributed by atoms with van der Waals surface area (Å²) in [5, 5.41) is 7.38. The fraction of sp³-hybridized carbons (Fsp3) is 0.846. The second-order valence-electron chi connectivity index (χ2n) is 5.14. The molecule has 1 N–H and O–H groups in total.